The summed E-state index contributed by atoms with van der Waals surface area (Å²) in [5.41, 5.74) is 6.64. The first-order valence-corrected chi connectivity index (χ1v) is 7.65. The molecule has 0 aliphatic rings. The summed E-state index contributed by atoms with van der Waals surface area (Å²) in [6.07, 6.45) is -0.999. The number of nitrogens with two attached hydrogens (primary N) is 1. The predicted octanol–water partition coefficient (Wildman–Crippen LogP) is 1.42. The molecule has 0 fully saturated rings. The molecule has 0 saturated carbocycles. The summed E-state index contributed by atoms with van der Waals surface area (Å²) < 4.78 is 39.0. The predicted molar refractivity (Wildman–Crippen MR) is 77.4 cm³/mol. The van der Waals surface area contributed by atoms with E-state index < -0.39 is 21.9 Å². The van der Waals surface area contributed by atoms with Crippen molar-refractivity contribution in [1.82, 2.24) is 4.72 Å². The first kappa shape index (κ1) is 15.4. The molecule has 112 valence electrons. The minimum Gasteiger partial charge on any atom is -0.399 e. The molecule has 4 N–H and O–H groups in total. The summed E-state index contributed by atoms with van der Waals surface area (Å²) in [5, 5.41) is 9.94. The van der Waals surface area contributed by atoms with E-state index >= 15 is 0 Å². The molecule has 0 radical (unpaired) electrons. The number of benzene rings is 2. The van der Waals surface area contributed by atoms with Crippen LogP contribution < -0.4 is 10.5 Å². The number of nitrogens with one attached hydrogen (secondary N) is 1. The molecule has 0 aliphatic carbocycles. The Kier molecular flexibility index (Phi) is 4.56. The number of nitrogen functional groups attached to an aromatic ring is 1. The molecule has 2 rings (SSSR count). The van der Waals surface area contributed by atoms with E-state index in [4.69, 9.17) is 5.73 Å². The standard InChI is InChI=1S/C14H15FN2O3S/c15-11-3-7-13(8-4-11)21(19,20)17-9-14(18)10-1-5-12(16)6-2-10/h1-8,14,17-18H,9,16H2. The van der Waals surface area contributed by atoms with E-state index in [2.05, 4.69) is 4.72 Å². The van der Waals surface area contributed by atoms with Gasteiger partial charge in [0.25, 0.3) is 0 Å². The zero-order chi connectivity index (χ0) is 15.5. The van der Waals surface area contributed by atoms with Gasteiger partial charge in [-0.25, -0.2) is 17.5 Å². The molecule has 21 heavy (non-hydrogen) atoms. The van der Waals surface area contributed by atoms with Crippen LogP contribution in [0.15, 0.2) is 53.4 Å². The van der Waals surface area contributed by atoms with Gasteiger partial charge in [0.15, 0.2) is 0 Å². The third-order valence-electron chi connectivity index (χ3n) is 2.91. The minimum atomic E-state index is -3.79. The van der Waals surface area contributed by atoms with Crippen molar-refractivity contribution in [2.75, 3.05) is 12.3 Å². The van der Waals surface area contributed by atoms with Crippen molar-refractivity contribution in [2.45, 2.75) is 11.0 Å². The van der Waals surface area contributed by atoms with Gasteiger partial charge in [-0.05, 0) is 42.0 Å². The minimum absolute atomic E-state index is 0.0617. The lowest BCUT2D eigenvalue weighted by Crippen LogP contribution is -2.28. The summed E-state index contributed by atoms with van der Waals surface area (Å²) in [6.45, 7) is -0.191. The average Bonchev–Trinajstić information content (AvgIpc) is 2.46. The van der Waals surface area contributed by atoms with Gasteiger partial charge in [-0.15, -0.1) is 0 Å². The van der Waals surface area contributed by atoms with E-state index in [0.717, 1.165) is 24.3 Å². The zero-order valence-electron chi connectivity index (χ0n) is 11.0. The highest BCUT2D eigenvalue weighted by molar-refractivity contribution is 7.89. The Bertz CT molecular complexity index is 700. The summed E-state index contributed by atoms with van der Waals surface area (Å²) in [4.78, 5) is -0.0617. The van der Waals surface area contributed by atoms with E-state index in [-0.39, 0.29) is 11.4 Å². The van der Waals surface area contributed by atoms with Crippen LogP contribution in [0.1, 0.15) is 11.7 Å². The van der Waals surface area contributed by atoms with Crippen molar-refractivity contribution in [3.63, 3.8) is 0 Å². The second-order valence-electron chi connectivity index (χ2n) is 4.49. The maximum atomic E-state index is 12.8. The van der Waals surface area contributed by atoms with Crippen LogP contribution in [-0.4, -0.2) is 20.1 Å². The van der Waals surface area contributed by atoms with Gasteiger partial charge in [-0.2, -0.15) is 0 Å². The Morgan fingerprint density at radius 2 is 1.67 bits per heavy atom. The molecule has 0 aromatic heterocycles. The largest absolute Gasteiger partial charge is 0.399 e. The van der Waals surface area contributed by atoms with Crippen molar-refractivity contribution in [1.29, 1.82) is 0 Å². The van der Waals surface area contributed by atoms with E-state index in [1.807, 2.05) is 0 Å². The van der Waals surface area contributed by atoms with Crippen LogP contribution in [0.3, 0.4) is 0 Å². The lowest BCUT2D eigenvalue weighted by atomic mass is 10.1. The molecule has 2 aromatic rings. The lowest BCUT2D eigenvalue weighted by Gasteiger charge is -2.13. The summed E-state index contributed by atoms with van der Waals surface area (Å²) in [5.74, 6) is -0.518. The Morgan fingerprint density at radius 1 is 1.10 bits per heavy atom. The fraction of sp³-hybridized carbons (Fsp3) is 0.143. The second-order valence-corrected chi connectivity index (χ2v) is 6.26. The average molecular weight is 310 g/mol. The molecule has 0 bridgehead atoms. The lowest BCUT2D eigenvalue weighted by molar-refractivity contribution is 0.182. The fourth-order valence-electron chi connectivity index (χ4n) is 1.72. The van der Waals surface area contributed by atoms with Crippen molar-refractivity contribution in [2.24, 2.45) is 0 Å². The topological polar surface area (TPSA) is 92.4 Å². The van der Waals surface area contributed by atoms with Gasteiger partial charge < -0.3 is 10.8 Å². The van der Waals surface area contributed by atoms with Crippen LogP contribution in [0.2, 0.25) is 0 Å². The molecular weight excluding hydrogens is 295 g/mol. The third kappa shape index (κ3) is 4.01. The van der Waals surface area contributed by atoms with E-state index in [0.29, 0.717) is 11.3 Å². The number of halogens is 1. The molecule has 1 atom stereocenters. The number of rotatable bonds is 5. The highest BCUT2D eigenvalue weighted by Crippen LogP contribution is 2.15. The van der Waals surface area contributed by atoms with E-state index in [9.17, 15) is 17.9 Å². The Balaban J connectivity index is 2.04. The van der Waals surface area contributed by atoms with Gasteiger partial charge in [-0.3, -0.25) is 0 Å². The van der Waals surface area contributed by atoms with Gasteiger partial charge in [0.1, 0.15) is 5.82 Å². The quantitative estimate of drug-likeness (QED) is 0.728. The third-order valence-corrected chi connectivity index (χ3v) is 4.35. The van der Waals surface area contributed by atoms with Crippen molar-refractivity contribution >= 4 is 15.7 Å². The molecule has 7 heteroatoms. The van der Waals surface area contributed by atoms with Gasteiger partial charge in [0.2, 0.25) is 10.0 Å². The maximum Gasteiger partial charge on any atom is 0.240 e. The maximum absolute atomic E-state index is 12.8. The smallest absolute Gasteiger partial charge is 0.240 e. The van der Waals surface area contributed by atoms with Crippen molar-refractivity contribution in [3.05, 3.63) is 59.9 Å². The number of anilines is 1. The van der Waals surface area contributed by atoms with Crippen LogP contribution in [0.25, 0.3) is 0 Å². The Morgan fingerprint density at radius 3 is 2.24 bits per heavy atom. The highest BCUT2D eigenvalue weighted by atomic mass is 32.2. The molecule has 1 unspecified atom stereocenters. The molecule has 2 aromatic carbocycles. The molecule has 0 heterocycles. The molecule has 0 saturated heterocycles. The number of aliphatic hydroxyl groups excluding tert-OH is 1. The van der Waals surface area contributed by atoms with Crippen LogP contribution in [0.5, 0.6) is 0 Å². The van der Waals surface area contributed by atoms with Crippen LogP contribution in [0, 0.1) is 5.82 Å². The monoisotopic (exact) mass is 310 g/mol. The molecule has 5 nitrogen and oxygen atoms in total. The summed E-state index contributed by atoms with van der Waals surface area (Å²) in [7, 11) is -3.79. The van der Waals surface area contributed by atoms with Crippen molar-refractivity contribution < 1.29 is 17.9 Å². The zero-order valence-corrected chi connectivity index (χ0v) is 11.8. The van der Waals surface area contributed by atoms with Gasteiger partial charge in [-0.1, -0.05) is 12.1 Å². The van der Waals surface area contributed by atoms with Crippen molar-refractivity contribution in [3.8, 4) is 0 Å². The van der Waals surface area contributed by atoms with E-state index in [1.54, 1.807) is 24.3 Å². The summed E-state index contributed by atoms with van der Waals surface area (Å²) in [6, 6.07) is 10.9. The first-order chi connectivity index (χ1) is 9.88. The normalized spacial score (nSPS) is 13.0. The Labute approximate surface area is 122 Å². The Hall–Kier alpha value is -1.96. The number of sulfonamides is 1. The molecule has 0 aliphatic heterocycles. The van der Waals surface area contributed by atoms with Gasteiger partial charge in [0, 0.05) is 12.2 Å². The highest BCUT2D eigenvalue weighted by Gasteiger charge is 2.16. The SMILES string of the molecule is Nc1ccc(C(O)CNS(=O)(=O)c2ccc(F)cc2)cc1. The summed E-state index contributed by atoms with van der Waals surface area (Å²) >= 11 is 0. The number of aliphatic hydroxyl groups is 1. The molecular formula is C14H15FN2O3S. The number of hydrogen-bond acceptors (Lipinski definition) is 4. The van der Waals surface area contributed by atoms with Crippen LogP contribution in [-0.2, 0) is 10.0 Å². The second kappa shape index (κ2) is 6.21. The van der Waals surface area contributed by atoms with Gasteiger partial charge in [0.05, 0.1) is 11.0 Å². The van der Waals surface area contributed by atoms with Gasteiger partial charge >= 0.3 is 0 Å². The number of hydrogen-bond donors (Lipinski definition) is 3. The molecule has 0 spiro atoms. The van der Waals surface area contributed by atoms with Crippen LogP contribution >= 0.6 is 0 Å². The van der Waals surface area contributed by atoms with E-state index in [1.165, 1.54) is 0 Å². The molecule has 0 amide bonds. The first-order valence-electron chi connectivity index (χ1n) is 6.17. The fourth-order valence-corrected chi connectivity index (χ4v) is 2.76. The van der Waals surface area contributed by atoms with Crippen LogP contribution in [0.4, 0.5) is 10.1 Å².